The van der Waals surface area contributed by atoms with E-state index >= 15 is 0 Å². The van der Waals surface area contributed by atoms with Gasteiger partial charge in [-0.25, -0.2) is 4.79 Å². The predicted molar refractivity (Wildman–Crippen MR) is 43.2 cm³/mol. The van der Waals surface area contributed by atoms with Gasteiger partial charge in [-0.05, 0) is 0 Å². The molecule has 0 aromatic heterocycles. The van der Waals surface area contributed by atoms with Crippen LogP contribution in [0.5, 0.6) is 0 Å². The fourth-order valence-corrected chi connectivity index (χ4v) is 0.234. The number of hydrogen-bond donors (Lipinski definition) is 5. The van der Waals surface area contributed by atoms with Crippen LogP contribution in [0.1, 0.15) is 0 Å². The van der Waals surface area contributed by atoms with Crippen LogP contribution in [0, 0.1) is 0 Å². The van der Waals surface area contributed by atoms with Gasteiger partial charge in [0.1, 0.15) is 6.04 Å². The van der Waals surface area contributed by atoms with Crippen LogP contribution in [-0.4, -0.2) is 28.9 Å². The predicted octanol–water partition coefficient (Wildman–Crippen LogP) is -1.65. The fourth-order valence-electron chi connectivity index (χ4n) is 0.0781. The van der Waals surface area contributed by atoms with Crippen LogP contribution in [0.15, 0.2) is 0 Å². The summed E-state index contributed by atoms with van der Waals surface area (Å²) >= 11 is 3.65. The zero-order chi connectivity index (χ0) is 9.44. The van der Waals surface area contributed by atoms with Crippen molar-refractivity contribution in [3.63, 3.8) is 0 Å². The molecule has 0 aliphatic rings. The maximum atomic E-state index is 9.76. The van der Waals surface area contributed by atoms with Crippen molar-refractivity contribution < 1.29 is 14.7 Å². The third kappa shape index (κ3) is 17.6. The topological polar surface area (TPSA) is 132 Å². The molecule has 0 aromatic carbocycles. The van der Waals surface area contributed by atoms with E-state index in [9.17, 15) is 4.79 Å². The molecule has 66 valence electrons. The number of thiol groups is 1. The number of hydrogen-bond acceptors (Lipinski definition) is 4. The number of carboxylic acids is 1. The minimum absolute atomic E-state index is 0.190. The van der Waals surface area contributed by atoms with E-state index in [0.717, 1.165) is 0 Å². The molecule has 0 unspecified atom stereocenters. The molecule has 0 aliphatic carbocycles. The Bertz CT molecular complexity index is 137. The van der Waals surface area contributed by atoms with Crippen LogP contribution in [0.25, 0.3) is 0 Å². The fraction of sp³-hybridized carbons (Fsp3) is 0.500. The molecule has 0 saturated heterocycles. The first-order valence-electron chi connectivity index (χ1n) is 2.56. The summed E-state index contributed by atoms with van der Waals surface area (Å²) in [6, 6.07) is -1.65. The van der Waals surface area contributed by atoms with Crippen LogP contribution in [0.4, 0.5) is 4.79 Å². The molecule has 0 rings (SSSR count). The molecule has 7 heteroatoms. The van der Waals surface area contributed by atoms with Crippen molar-refractivity contribution in [3.8, 4) is 0 Å². The summed E-state index contributed by atoms with van der Waals surface area (Å²) in [6.07, 6.45) is 0. The van der Waals surface area contributed by atoms with Crippen molar-refractivity contribution in [1.82, 2.24) is 0 Å². The number of carbonyl (C=O) groups is 2. The molecule has 0 aliphatic heterocycles. The second kappa shape index (κ2) is 7.16. The Morgan fingerprint density at radius 3 is 1.73 bits per heavy atom. The van der Waals surface area contributed by atoms with Crippen molar-refractivity contribution in [2.45, 2.75) is 6.04 Å². The van der Waals surface area contributed by atoms with Gasteiger partial charge in [-0.1, -0.05) is 0 Å². The average molecular weight is 181 g/mol. The van der Waals surface area contributed by atoms with E-state index < -0.39 is 18.0 Å². The molecule has 1 atom stereocenters. The van der Waals surface area contributed by atoms with Crippen LogP contribution < -0.4 is 17.2 Å². The number of carboxylic acid groups (broad SMARTS) is 1. The number of nitrogens with two attached hydrogens (primary N) is 3. The highest BCUT2D eigenvalue weighted by molar-refractivity contribution is 7.80. The first-order chi connectivity index (χ1) is 4.91. The van der Waals surface area contributed by atoms with Gasteiger partial charge >= 0.3 is 12.0 Å². The number of primary amides is 2. The lowest BCUT2D eigenvalue weighted by molar-refractivity contribution is -0.137. The van der Waals surface area contributed by atoms with Crippen LogP contribution in [-0.2, 0) is 4.79 Å². The van der Waals surface area contributed by atoms with Crippen LogP contribution in [0.3, 0.4) is 0 Å². The molecule has 7 N–H and O–H groups in total. The molecule has 0 aromatic rings. The van der Waals surface area contributed by atoms with Crippen molar-refractivity contribution in [2.24, 2.45) is 17.2 Å². The zero-order valence-corrected chi connectivity index (χ0v) is 6.62. The average Bonchev–Trinajstić information content (AvgIpc) is 1.85. The largest absolute Gasteiger partial charge is 0.480 e. The Morgan fingerprint density at radius 1 is 1.45 bits per heavy atom. The maximum absolute atomic E-state index is 9.76. The lowest BCUT2D eigenvalue weighted by Gasteiger charge is -1.96. The maximum Gasteiger partial charge on any atom is 0.321 e. The SMILES string of the molecule is NC(N)=O.N[C@@H](CS)C(=O)O. The Balaban J connectivity index is 0. The standard InChI is InChI=1S/C3H7NO2S.CH4N2O/c4-2(1-7)3(5)6;2-1(3)4/h2,7H,1,4H2,(H,5,6);(H4,2,3,4)/t2-;/m0./s1. The van der Waals surface area contributed by atoms with Crippen molar-refractivity contribution in [2.75, 3.05) is 5.75 Å². The van der Waals surface area contributed by atoms with Crippen molar-refractivity contribution >= 4 is 24.6 Å². The number of amides is 2. The summed E-state index contributed by atoms with van der Waals surface area (Å²) < 4.78 is 0. The molecule has 0 saturated carbocycles. The van der Waals surface area contributed by atoms with Gasteiger partial charge < -0.3 is 22.3 Å². The zero-order valence-electron chi connectivity index (χ0n) is 5.73. The van der Waals surface area contributed by atoms with Gasteiger partial charge in [0.25, 0.3) is 0 Å². The summed E-state index contributed by atoms with van der Waals surface area (Å²) in [6.45, 7) is 0. The second-order valence-corrected chi connectivity index (χ2v) is 1.89. The van der Waals surface area contributed by atoms with Gasteiger partial charge in [0, 0.05) is 5.75 Å². The van der Waals surface area contributed by atoms with Crippen molar-refractivity contribution in [3.05, 3.63) is 0 Å². The molecular weight excluding hydrogens is 170 g/mol. The van der Waals surface area contributed by atoms with Crippen molar-refractivity contribution in [1.29, 1.82) is 0 Å². The van der Waals surface area contributed by atoms with E-state index in [4.69, 9.17) is 15.6 Å². The van der Waals surface area contributed by atoms with Gasteiger partial charge in [-0.2, -0.15) is 12.6 Å². The Kier molecular flexibility index (Phi) is 8.27. The van der Waals surface area contributed by atoms with Gasteiger partial charge in [-0.3, -0.25) is 4.79 Å². The smallest absolute Gasteiger partial charge is 0.321 e. The summed E-state index contributed by atoms with van der Waals surface area (Å²) in [4.78, 5) is 18.8. The van der Waals surface area contributed by atoms with Crippen LogP contribution >= 0.6 is 12.6 Å². The van der Waals surface area contributed by atoms with Crippen LogP contribution in [0.2, 0.25) is 0 Å². The first kappa shape index (κ1) is 12.7. The Labute approximate surface area is 69.1 Å². The molecule has 11 heavy (non-hydrogen) atoms. The molecule has 0 fully saturated rings. The highest BCUT2D eigenvalue weighted by atomic mass is 32.1. The normalized spacial score (nSPS) is 10.7. The molecule has 0 spiro atoms. The summed E-state index contributed by atoms with van der Waals surface area (Å²) in [5.74, 6) is -0.815. The van der Waals surface area contributed by atoms with Gasteiger partial charge in [0.2, 0.25) is 0 Å². The van der Waals surface area contributed by atoms with Gasteiger partial charge in [0.05, 0.1) is 0 Å². The van der Waals surface area contributed by atoms with E-state index in [-0.39, 0.29) is 5.75 Å². The third-order valence-electron chi connectivity index (χ3n) is 0.514. The molecule has 2 amide bonds. The molecule has 0 heterocycles. The molecular formula is C4H11N3O3S. The Morgan fingerprint density at radius 2 is 1.73 bits per heavy atom. The lowest BCUT2D eigenvalue weighted by atomic mass is 10.4. The highest BCUT2D eigenvalue weighted by Crippen LogP contribution is 1.80. The second-order valence-electron chi connectivity index (χ2n) is 1.53. The number of aliphatic carboxylic acids is 1. The lowest BCUT2D eigenvalue weighted by Crippen LogP contribution is -2.31. The quantitative estimate of drug-likeness (QED) is 0.326. The minimum atomic E-state index is -1.00. The van der Waals surface area contributed by atoms with Gasteiger partial charge in [0.15, 0.2) is 0 Å². The molecule has 0 bridgehead atoms. The summed E-state index contributed by atoms with van der Waals surface area (Å²) in [5, 5.41) is 8.01. The van der Waals surface area contributed by atoms with E-state index in [0.29, 0.717) is 0 Å². The van der Waals surface area contributed by atoms with E-state index in [1.807, 2.05) is 0 Å². The monoisotopic (exact) mass is 181 g/mol. The van der Waals surface area contributed by atoms with E-state index in [2.05, 4.69) is 24.1 Å². The minimum Gasteiger partial charge on any atom is -0.480 e. The summed E-state index contributed by atoms with van der Waals surface area (Å²) in [7, 11) is 0. The highest BCUT2D eigenvalue weighted by Gasteiger charge is 2.06. The number of carbonyl (C=O) groups excluding carboxylic acids is 1. The number of rotatable bonds is 2. The molecule has 6 nitrogen and oxygen atoms in total. The summed E-state index contributed by atoms with van der Waals surface area (Å²) in [5.41, 5.74) is 13.4. The Hall–Kier alpha value is -0.950. The third-order valence-corrected chi connectivity index (χ3v) is 0.907. The molecule has 0 radical (unpaired) electrons. The van der Waals surface area contributed by atoms with E-state index in [1.54, 1.807) is 0 Å². The van der Waals surface area contributed by atoms with E-state index in [1.165, 1.54) is 0 Å². The van der Waals surface area contributed by atoms with Gasteiger partial charge in [-0.15, -0.1) is 0 Å². The number of urea groups is 1. The first-order valence-corrected chi connectivity index (χ1v) is 3.19.